The van der Waals surface area contributed by atoms with Crippen molar-refractivity contribution in [2.24, 2.45) is 17.4 Å². The van der Waals surface area contributed by atoms with E-state index >= 15 is 0 Å². The number of phenolic OH excluding ortho intramolecular Hbond substituents is 1. The van der Waals surface area contributed by atoms with Crippen LogP contribution in [0.15, 0.2) is 54.6 Å². The van der Waals surface area contributed by atoms with Crippen molar-refractivity contribution in [3.05, 3.63) is 65.7 Å². The lowest BCUT2D eigenvalue weighted by Gasteiger charge is -2.30. The van der Waals surface area contributed by atoms with Crippen LogP contribution in [0.5, 0.6) is 5.75 Å². The maximum Gasteiger partial charge on any atom is 0.326 e. The monoisotopic (exact) mass is 948 g/mol. The Morgan fingerprint density at radius 1 is 0.647 bits per heavy atom. The van der Waals surface area contributed by atoms with Gasteiger partial charge >= 0.3 is 5.97 Å². The highest BCUT2D eigenvalue weighted by molar-refractivity contribution is 5.98. The summed E-state index contributed by atoms with van der Waals surface area (Å²) in [6.07, 6.45) is 0.788. The molecule has 2 heterocycles. The Hall–Kier alpha value is -7.10. The number of carboxylic acids is 1. The lowest BCUT2D eigenvalue weighted by atomic mass is 10.0. The molecule has 12 N–H and O–H groups in total. The highest BCUT2D eigenvalue weighted by Crippen LogP contribution is 2.22. The molecule has 0 aliphatic carbocycles. The fourth-order valence-corrected chi connectivity index (χ4v) is 8.04. The largest absolute Gasteiger partial charge is 0.508 e. The van der Waals surface area contributed by atoms with E-state index in [4.69, 9.17) is 11.5 Å². The van der Waals surface area contributed by atoms with E-state index in [9.17, 15) is 58.2 Å². The van der Waals surface area contributed by atoms with Crippen LogP contribution in [-0.4, -0.2) is 147 Å². The third-order valence-electron chi connectivity index (χ3n) is 11.6. The van der Waals surface area contributed by atoms with Crippen LogP contribution >= 0.6 is 0 Å². The van der Waals surface area contributed by atoms with Crippen molar-refractivity contribution >= 4 is 59.1 Å². The number of likely N-dealkylation sites (tertiary alicyclic amines) is 2. The number of nitrogens with one attached hydrogen (secondary N) is 6. The number of phenols is 1. The number of carbonyl (C=O) groups excluding carboxylic acids is 9. The topological polar surface area (TPSA) is 342 Å². The number of amides is 9. The molecule has 68 heavy (non-hydrogen) atoms. The standard InChI is InChI=1S/C46H64N10O12/c1-25(2)20-34(46(67)68)54-39(60)26(3)50-43(64)36-13-9-19-56(36)45(66)33(22-29-14-16-30(57)17-15-29)53-41(62)32(23-37(48)58)52-38(59)24-49-42(63)35-12-8-18-55(35)44(65)27(4)51-40(61)31(47)21-28-10-6-5-7-11-28/h5-7,10-11,14-17,25-27,31-36,57H,8-9,12-13,18-24,47H2,1-4H3,(H2,48,58)(H,49,63)(H,50,64)(H,51,61)(H,52,59)(H,53,62)(H,54,60)(H,67,68). The van der Waals surface area contributed by atoms with Crippen LogP contribution < -0.4 is 43.4 Å². The third-order valence-corrected chi connectivity index (χ3v) is 11.6. The molecule has 22 nitrogen and oxygen atoms in total. The van der Waals surface area contributed by atoms with Crippen LogP contribution in [0, 0.1) is 5.92 Å². The van der Waals surface area contributed by atoms with Gasteiger partial charge in [0.1, 0.15) is 48.0 Å². The predicted molar refractivity (Wildman–Crippen MR) is 244 cm³/mol. The van der Waals surface area contributed by atoms with E-state index in [0.717, 1.165) is 5.56 Å². The molecule has 0 spiro atoms. The van der Waals surface area contributed by atoms with Crippen LogP contribution in [-0.2, 0) is 60.8 Å². The predicted octanol–water partition coefficient (Wildman–Crippen LogP) is -1.93. The van der Waals surface area contributed by atoms with E-state index in [1.807, 2.05) is 30.3 Å². The highest BCUT2D eigenvalue weighted by atomic mass is 16.4. The van der Waals surface area contributed by atoms with Gasteiger partial charge in [-0.05, 0) is 81.5 Å². The number of primary amides is 1. The summed E-state index contributed by atoms with van der Waals surface area (Å²) < 4.78 is 0. The first-order valence-corrected chi connectivity index (χ1v) is 22.6. The van der Waals surface area contributed by atoms with Gasteiger partial charge in [0.05, 0.1) is 19.0 Å². The molecule has 2 fully saturated rings. The minimum absolute atomic E-state index is 0.0481. The maximum atomic E-state index is 14.3. The number of rotatable bonds is 23. The Balaban J connectivity index is 1.40. The zero-order chi connectivity index (χ0) is 50.2. The molecule has 2 aliphatic heterocycles. The number of hydrogen-bond acceptors (Lipinski definition) is 12. The minimum atomic E-state index is -1.64. The first-order chi connectivity index (χ1) is 32.1. The molecule has 8 atom stereocenters. The number of benzene rings is 2. The quantitative estimate of drug-likeness (QED) is 0.0581. The van der Waals surface area contributed by atoms with Crippen molar-refractivity contribution in [2.45, 2.75) is 127 Å². The average molecular weight is 949 g/mol. The van der Waals surface area contributed by atoms with E-state index < -0.39 is 120 Å². The van der Waals surface area contributed by atoms with Crippen LogP contribution in [0.2, 0.25) is 0 Å². The Kier molecular flexibility index (Phi) is 19.8. The molecule has 8 unspecified atom stereocenters. The average Bonchev–Trinajstić information content (AvgIpc) is 3.99. The molecule has 2 aromatic rings. The number of nitrogens with zero attached hydrogens (tertiary/aromatic N) is 2. The molecule has 0 bridgehead atoms. The number of aromatic hydroxyl groups is 1. The van der Waals surface area contributed by atoms with Crippen LogP contribution in [0.4, 0.5) is 0 Å². The lowest BCUT2D eigenvalue weighted by molar-refractivity contribution is -0.143. The number of aliphatic carboxylic acids is 1. The summed E-state index contributed by atoms with van der Waals surface area (Å²) in [4.78, 5) is 134. The number of hydrogen-bond donors (Lipinski definition) is 10. The normalized spacial score (nSPS) is 18.2. The molecule has 2 aromatic carbocycles. The molecule has 9 amide bonds. The van der Waals surface area contributed by atoms with Gasteiger partial charge in [0.2, 0.25) is 53.2 Å². The fourth-order valence-electron chi connectivity index (χ4n) is 8.04. The summed E-state index contributed by atoms with van der Waals surface area (Å²) in [5.74, 6) is -8.21. The first kappa shape index (κ1) is 53.5. The molecular formula is C46H64N10O12. The van der Waals surface area contributed by atoms with Gasteiger partial charge in [-0.3, -0.25) is 43.2 Å². The molecule has 22 heteroatoms. The molecule has 0 saturated carbocycles. The van der Waals surface area contributed by atoms with Gasteiger partial charge in [-0.1, -0.05) is 56.3 Å². The second kappa shape index (κ2) is 25.1. The zero-order valence-electron chi connectivity index (χ0n) is 38.7. The van der Waals surface area contributed by atoms with Crippen molar-refractivity contribution in [1.82, 2.24) is 41.7 Å². The van der Waals surface area contributed by atoms with Gasteiger partial charge in [0, 0.05) is 19.5 Å². The molecule has 0 radical (unpaired) electrons. The van der Waals surface area contributed by atoms with Crippen molar-refractivity contribution in [3.8, 4) is 5.75 Å². The lowest BCUT2D eigenvalue weighted by Crippen LogP contribution is -2.59. The van der Waals surface area contributed by atoms with Crippen molar-refractivity contribution in [3.63, 3.8) is 0 Å². The number of nitrogens with two attached hydrogens (primary N) is 2. The number of carbonyl (C=O) groups is 10. The molecule has 370 valence electrons. The van der Waals surface area contributed by atoms with Gasteiger partial charge < -0.3 is 63.4 Å². The smallest absolute Gasteiger partial charge is 0.326 e. The summed E-state index contributed by atoms with van der Waals surface area (Å²) in [5.41, 5.74) is 12.8. The van der Waals surface area contributed by atoms with E-state index in [1.54, 1.807) is 13.8 Å². The summed E-state index contributed by atoms with van der Waals surface area (Å²) in [7, 11) is 0. The van der Waals surface area contributed by atoms with E-state index in [1.165, 1.54) is 47.9 Å². The van der Waals surface area contributed by atoms with Crippen molar-refractivity contribution in [2.75, 3.05) is 19.6 Å². The highest BCUT2D eigenvalue weighted by Gasteiger charge is 2.40. The second-order valence-electron chi connectivity index (χ2n) is 17.6. The maximum absolute atomic E-state index is 14.3. The van der Waals surface area contributed by atoms with Crippen LogP contribution in [0.1, 0.15) is 77.3 Å². The van der Waals surface area contributed by atoms with Gasteiger partial charge in [-0.2, -0.15) is 0 Å². The Morgan fingerprint density at radius 2 is 1.22 bits per heavy atom. The first-order valence-electron chi connectivity index (χ1n) is 22.6. The molecule has 2 saturated heterocycles. The van der Waals surface area contributed by atoms with Gasteiger partial charge in [-0.15, -0.1) is 0 Å². The van der Waals surface area contributed by atoms with Gasteiger partial charge in [0.25, 0.3) is 0 Å². The molecule has 0 aromatic heterocycles. The molecular weight excluding hydrogens is 885 g/mol. The summed E-state index contributed by atoms with van der Waals surface area (Å²) in [6.45, 7) is 6.03. The van der Waals surface area contributed by atoms with Crippen molar-refractivity contribution < 1.29 is 58.2 Å². The van der Waals surface area contributed by atoms with Gasteiger partial charge in [0.15, 0.2) is 0 Å². The van der Waals surface area contributed by atoms with Crippen LogP contribution in [0.25, 0.3) is 0 Å². The fraction of sp³-hybridized carbons (Fsp3) is 0.522. The minimum Gasteiger partial charge on any atom is -0.508 e. The summed E-state index contributed by atoms with van der Waals surface area (Å²) in [5, 5.41) is 34.4. The third kappa shape index (κ3) is 15.8. The van der Waals surface area contributed by atoms with Crippen molar-refractivity contribution in [1.29, 1.82) is 0 Å². The summed E-state index contributed by atoms with van der Waals surface area (Å²) in [6, 6.07) is 5.39. The molecule has 2 aliphatic rings. The van der Waals surface area contributed by atoms with E-state index in [0.29, 0.717) is 18.4 Å². The SMILES string of the molecule is CC(C)CC(NC(=O)C(C)NC(=O)C1CCCN1C(=O)C(Cc1ccc(O)cc1)NC(=O)C(CC(N)=O)NC(=O)CNC(=O)C1CCCN1C(=O)C(C)NC(=O)C(N)Cc1ccccc1)C(=O)O. The Bertz CT molecular complexity index is 2160. The van der Waals surface area contributed by atoms with E-state index in [2.05, 4.69) is 31.9 Å². The zero-order valence-corrected chi connectivity index (χ0v) is 38.7. The van der Waals surface area contributed by atoms with Gasteiger partial charge in [-0.25, -0.2) is 4.79 Å². The second-order valence-corrected chi connectivity index (χ2v) is 17.6. The Morgan fingerprint density at radius 3 is 1.81 bits per heavy atom. The number of carboxylic acid groups (broad SMARTS) is 1. The molecule has 4 rings (SSSR count). The van der Waals surface area contributed by atoms with E-state index in [-0.39, 0.29) is 56.9 Å². The van der Waals surface area contributed by atoms with Crippen LogP contribution in [0.3, 0.4) is 0 Å². The Labute approximate surface area is 394 Å². The summed E-state index contributed by atoms with van der Waals surface area (Å²) >= 11 is 0.